The van der Waals surface area contributed by atoms with Crippen LogP contribution in [-0.4, -0.2) is 0 Å². The number of allylic oxidation sites excluding steroid dienone is 1. The van der Waals surface area contributed by atoms with Gasteiger partial charge >= 0.3 is 0 Å². The second kappa shape index (κ2) is 15.0. The lowest BCUT2D eigenvalue weighted by molar-refractivity contribution is 0.405. The van der Waals surface area contributed by atoms with E-state index >= 15 is 0 Å². The number of fused-ring (bicyclic) bond motifs is 5. The van der Waals surface area contributed by atoms with Gasteiger partial charge in [-0.05, 0) is 108 Å². The topological polar surface area (TPSA) is 0 Å². The van der Waals surface area contributed by atoms with Crippen molar-refractivity contribution in [2.45, 2.75) is 37.0 Å². The third-order valence-corrected chi connectivity index (χ3v) is 13.4. The van der Waals surface area contributed by atoms with Crippen LogP contribution >= 0.6 is 0 Å². The largest absolute Gasteiger partial charge is 0.0639 e. The highest BCUT2D eigenvalue weighted by atomic mass is 14.6. The summed E-state index contributed by atoms with van der Waals surface area (Å²) < 4.78 is 0. The van der Waals surface area contributed by atoms with Gasteiger partial charge in [-0.25, -0.2) is 0 Å². The molecule has 0 heteroatoms. The van der Waals surface area contributed by atoms with Crippen LogP contribution in [0.4, 0.5) is 0 Å². The summed E-state index contributed by atoms with van der Waals surface area (Å²) in [4.78, 5) is 0. The van der Waals surface area contributed by atoms with Gasteiger partial charge in [-0.2, -0.15) is 0 Å². The molecule has 11 rings (SSSR count). The van der Waals surface area contributed by atoms with Crippen molar-refractivity contribution in [3.8, 4) is 22.3 Å². The Balaban J connectivity index is 1.20. The minimum absolute atomic E-state index is 0.0132. The minimum atomic E-state index is -0.511. The van der Waals surface area contributed by atoms with Crippen molar-refractivity contribution >= 4 is 16.8 Å². The quantitative estimate of drug-likeness (QED) is 0.137. The van der Waals surface area contributed by atoms with E-state index < -0.39 is 5.41 Å². The summed E-state index contributed by atoms with van der Waals surface area (Å²) in [5, 5.41) is 2.55. The molecule has 0 spiro atoms. The summed E-state index contributed by atoms with van der Waals surface area (Å²) in [5.41, 5.74) is 19.7. The first kappa shape index (κ1) is 36.1. The van der Waals surface area contributed by atoms with Crippen molar-refractivity contribution in [3.63, 3.8) is 0 Å². The van der Waals surface area contributed by atoms with Crippen LogP contribution in [0.15, 0.2) is 224 Å². The van der Waals surface area contributed by atoms with Gasteiger partial charge in [-0.3, -0.25) is 0 Å². The van der Waals surface area contributed by atoms with Gasteiger partial charge in [0.15, 0.2) is 0 Å². The molecule has 0 aromatic heterocycles. The normalized spacial score (nSPS) is 14.4. The maximum Gasteiger partial charge on any atom is 0.0418 e. The average Bonchev–Trinajstić information content (AvgIpc) is 3.82. The molecule has 0 fully saturated rings. The van der Waals surface area contributed by atoms with Gasteiger partial charge in [0.1, 0.15) is 0 Å². The molecule has 9 aromatic carbocycles. The van der Waals surface area contributed by atoms with E-state index in [9.17, 15) is 0 Å². The molecule has 0 saturated carbocycles. The number of rotatable bonds is 9. The van der Waals surface area contributed by atoms with Gasteiger partial charge in [-0.1, -0.05) is 230 Å². The van der Waals surface area contributed by atoms with Crippen LogP contribution in [0.3, 0.4) is 0 Å². The van der Waals surface area contributed by atoms with E-state index in [1.165, 1.54) is 94.2 Å². The Kier molecular flexibility index (Phi) is 9.01. The van der Waals surface area contributed by atoms with E-state index in [2.05, 4.69) is 231 Å². The molecule has 2 aliphatic rings. The van der Waals surface area contributed by atoms with Gasteiger partial charge in [0.25, 0.3) is 0 Å². The third kappa shape index (κ3) is 5.98. The summed E-state index contributed by atoms with van der Waals surface area (Å²) in [7, 11) is 0. The lowest BCUT2D eigenvalue weighted by atomic mass is 9.54. The third-order valence-electron chi connectivity index (χ3n) is 13.4. The van der Waals surface area contributed by atoms with Crippen molar-refractivity contribution in [2.75, 3.05) is 0 Å². The Bertz CT molecular complexity index is 2890. The van der Waals surface area contributed by atoms with Gasteiger partial charge in [0.05, 0.1) is 0 Å². The van der Waals surface area contributed by atoms with E-state index in [1.54, 1.807) is 0 Å². The monoisotopic (exact) mass is 766 g/mol. The molecule has 60 heavy (non-hydrogen) atoms. The molecule has 0 aliphatic heterocycles. The van der Waals surface area contributed by atoms with Crippen LogP contribution < -0.4 is 0 Å². The molecule has 1 atom stereocenters. The van der Waals surface area contributed by atoms with Crippen molar-refractivity contribution in [1.29, 1.82) is 0 Å². The molecule has 0 bridgehead atoms. The van der Waals surface area contributed by atoms with E-state index in [0.717, 1.165) is 12.8 Å². The first-order valence-electron chi connectivity index (χ1n) is 21.4. The Hall–Kier alpha value is -7.02. The van der Waals surface area contributed by atoms with Crippen LogP contribution in [0.2, 0.25) is 0 Å². The highest BCUT2D eigenvalue weighted by molar-refractivity contribution is 5.99. The summed E-state index contributed by atoms with van der Waals surface area (Å²) >= 11 is 0. The minimum Gasteiger partial charge on any atom is -0.0639 e. The second-order valence-electron chi connectivity index (χ2n) is 16.9. The Morgan fingerprint density at radius 3 is 1.43 bits per heavy atom. The fourth-order valence-electron chi connectivity index (χ4n) is 11.0. The van der Waals surface area contributed by atoms with Gasteiger partial charge in [-0.15, -0.1) is 0 Å². The number of benzene rings is 9. The molecule has 0 saturated heterocycles. The lowest BCUT2D eigenvalue weighted by Gasteiger charge is -2.47. The van der Waals surface area contributed by atoms with Crippen LogP contribution in [-0.2, 0) is 18.3 Å². The van der Waals surface area contributed by atoms with Gasteiger partial charge in [0.2, 0.25) is 0 Å². The maximum absolute atomic E-state index is 2.56. The van der Waals surface area contributed by atoms with Gasteiger partial charge < -0.3 is 0 Å². The SMILES string of the molecule is CC1=Cc2c(-c3cccc4ccccc34)cccc2C1C(c1ccccc1)(c1ccccc1)C1c2cc(Cc3ccccc3)ccc2-c2ccc(Cc3ccccc3)cc21. The molecule has 0 nitrogen and oxygen atoms in total. The Morgan fingerprint density at radius 1 is 0.367 bits per heavy atom. The van der Waals surface area contributed by atoms with Crippen LogP contribution in [0.5, 0.6) is 0 Å². The molecule has 9 aromatic rings. The zero-order valence-electron chi connectivity index (χ0n) is 33.9. The van der Waals surface area contributed by atoms with E-state index in [-0.39, 0.29) is 11.8 Å². The molecule has 1 unspecified atom stereocenters. The smallest absolute Gasteiger partial charge is 0.0418 e. The van der Waals surface area contributed by atoms with Crippen LogP contribution in [0, 0.1) is 0 Å². The van der Waals surface area contributed by atoms with Crippen molar-refractivity contribution in [3.05, 3.63) is 280 Å². The van der Waals surface area contributed by atoms with E-state index in [0.29, 0.717) is 0 Å². The van der Waals surface area contributed by atoms with Crippen molar-refractivity contribution in [2.24, 2.45) is 0 Å². The standard InChI is InChI=1S/C60H46/c1-41-36-55-51(50-29-16-23-46-22-14-15-28-49(46)50)30-17-31-54(55)58(41)60(47-24-10-4-11-25-47,48-26-12-5-13-27-48)59-56-39-44(37-42-18-6-2-7-19-42)32-34-52(56)53-35-33-45(40-57(53)59)38-43-20-8-3-9-21-43/h2-36,39-40,58-59H,37-38H2,1H3. The first-order chi connectivity index (χ1) is 29.7. The summed E-state index contributed by atoms with van der Waals surface area (Å²) in [6.07, 6.45) is 4.30. The highest BCUT2D eigenvalue weighted by Crippen LogP contribution is 2.65. The Labute approximate surface area is 354 Å². The van der Waals surface area contributed by atoms with Crippen LogP contribution in [0.1, 0.15) is 74.4 Å². The zero-order valence-corrected chi connectivity index (χ0v) is 33.9. The summed E-state index contributed by atoms with van der Waals surface area (Å²) in [6.45, 7) is 2.40. The lowest BCUT2D eigenvalue weighted by Crippen LogP contribution is -2.41. The fourth-order valence-corrected chi connectivity index (χ4v) is 11.0. The highest BCUT2D eigenvalue weighted by Gasteiger charge is 2.55. The van der Waals surface area contributed by atoms with Crippen molar-refractivity contribution < 1.29 is 0 Å². The second-order valence-corrected chi connectivity index (χ2v) is 16.9. The molecule has 2 aliphatic carbocycles. The van der Waals surface area contributed by atoms with Crippen molar-refractivity contribution in [1.82, 2.24) is 0 Å². The van der Waals surface area contributed by atoms with E-state index in [4.69, 9.17) is 0 Å². The molecule has 286 valence electrons. The summed E-state index contributed by atoms with van der Waals surface area (Å²) in [6, 6.07) is 82.2. The molecular weight excluding hydrogens is 721 g/mol. The first-order valence-corrected chi connectivity index (χ1v) is 21.4. The van der Waals surface area contributed by atoms with Gasteiger partial charge in [0, 0.05) is 17.3 Å². The fraction of sp³-hybridized carbons (Fsp3) is 0.100. The van der Waals surface area contributed by atoms with E-state index in [1.807, 2.05) is 0 Å². The molecular formula is C60H46. The summed E-state index contributed by atoms with van der Waals surface area (Å²) in [5.74, 6) is 0.0610. The van der Waals surface area contributed by atoms with Crippen LogP contribution in [0.25, 0.3) is 39.1 Å². The molecule has 0 heterocycles. The predicted octanol–water partition coefficient (Wildman–Crippen LogP) is 15.0. The molecule has 0 N–H and O–H groups in total. The molecule has 0 amide bonds. The average molecular weight is 767 g/mol. The zero-order chi connectivity index (χ0) is 40.0. The predicted molar refractivity (Wildman–Crippen MR) is 252 cm³/mol. The number of hydrogen-bond acceptors (Lipinski definition) is 0. The number of hydrogen-bond donors (Lipinski definition) is 0. The Morgan fingerprint density at radius 2 is 0.850 bits per heavy atom. The maximum atomic E-state index is 2.56. The molecule has 0 radical (unpaired) electrons.